The van der Waals surface area contributed by atoms with Gasteiger partial charge < -0.3 is 4.74 Å². The SMILES string of the molecule is COC(=O)c1cc(Br)ccc1C=O. The summed E-state index contributed by atoms with van der Waals surface area (Å²) in [6.45, 7) is 0. The Morgan fingerprint density at radius 2 is 2.23 bits per heavy atom. The van der Waals surface area contributed by atoms with Crippen LogP contribution in [0.3, 0.4) is 0 Å². The third-order valence-electron chi connectivity index (χ3n) is 1.55. The third-order valence-corrected chi connectivity index (χ3v) is 2.04. The lowest BCUT2D eigenvalue weighted by Crippen LogP contribution is -2.05. The maximum absolute atomic E-state index is 11.1. The zero-order chi connectivity index (χ0) is 9.84. The molecule has 68 valence electrons. The molecule has 0 heterocycles. The molecule has 1 aromatic rings. The summed E-state index contributed by atoms with van der Waals surface area (Å²) in [5, 5.41) is 0. The van der Waals surface area contributed by atoms with Gasteiger partial charge in [0.05, 0.1) is 12.7 Å². The summed E-state index contributed by atoms with van der Waals surface area (Å²) in [5.41, 5.74) is 0.599. The highest BCUT2D eigenvalue weighted by Gasteiger charge is 2.10. The number of rotatable bonds is 2. The van der Waals surface area contributed by atoms with Crippen LogP contribution in [0.1, 0.15) is 20.7 Å². The second kappa shape index (κ2) is 4.18. The van der Waals surface area contributed by atoms with E-state index in [1.54, 1.807) is 18.2 Å². The maximum Gasteiger partial charge on any atom is 0.338 e. The van der Waals surface area contributed by atoms with Gasteiger partial charge in [-0.15, -0.1) is 0 Å². The molecule has 3 nitrogen and oxygen atoms in total. The number of aldehydes is 1. The Labute approximate surface area is 83.8 Å². The highest BCUT2D eigenvalue weighted by Crippen LogP contribution is 2.16. The first-order valence-electron chi connectivity index (χ1n) is 3.52. The monoisotopic (exact) mass is 242 g/mol. The topological polar surface area (TPSA) is 43.4 Å². The van der Waals surface area contributed by atoms with E-state index in [9.17, 15) is 9.59 Å². The van der Waals surface area contributed by atoms with Crippen LogP contribution in [0, 0.1) is 0 Å². The minimum absolute atomic E-state index is 0.270. The van der Waals surface area contributed by atoms with Crippen LogP contribution in [0.25, 0.3) is 0 Å². The van der Waals surface area contributed by atoms with E-state index in [1.165, 1.54) is 7.11 Å². The van der Waals surface area contributed by atoms with Crippen LogP contribution >= 0.6 is 15.9 Å². The molecule has 0 spiro atoms. The van der Waals surface area contributed by atoms with Crippen molar-refractivity contribution in [2.45, 2.75) is 0 Å². The number of carbonyl (C=O) groups excluding carboxylic acids is 2. The van der Waals surface area contributed by atoms with Crippen LogP contribution in [0.15, 0.2) is 22.7 Å². The lowest BCUT2D eigenvalue weighted by Gasteiger charge is -2.02. The lowest BCUT2D eigenvalue weighted by atomic mass is 10.1. The second-order valence-electron chi connectivity index (χ2n) is 2.34. The summed E-state index contributed by atoms with van der Waals surface area (Å²) in [7, 11) is 1.28. The van der Waals surface area contributed by atoms with Crippen LogP contribution in [-0.4, -0.2) is 19.4 Å². The molecular weight excluding hydrogens is 236 g/mol. The molecule has 0 amide bonds. The average molecular weight is 243 g/mol. The lowest BCUT2D eigenvalue weighted by molar-refractivity contribution is 0.0598. The van der Waals surface area contributed by atoms with E-state index in [2.05, 4.69) is 20.7 Å². The first kappa shape index (κ1) is 9.92. The smallest absolute Gasteiger partial charge is 0.338 e. The quantitative estimate of drug-likeness (QED) is 0.589. The van der Waals surface area contributed by atoms with Gasteiger partial charge in [0.2, 0.25) is 0 Å². The van der Waals surface area contributed by atoms with Crippen molar-refractivity contribution in [3.05, 3.63) is 33.8 Å². The number of methoxy groups -OCH3 is 1. The number of esters is 1. The van der Waals surface area contributed by atoms with Crippen LogP contribution in [0.2, 0.25) is 0 Å². The molecule has 0 radical (unpaired) electrons. The molecule has 0 fully saturated rings. The predicted octanol–water partition coefficient (Wildman–Crippen LogP) is 2.05. The summed E-state index contributed by atoms with van der Waals surface area (Å²) < 4.78 is 5.25. The number of hydrogen-bond acceptors (Lipinski definition) is 3. The normalized spacial score (nSPS) is 9.38. The Morgan fingerprint density at radius 1 is 1.54 bits per heavy atom. The molecular formula is C9H7BrO3. The van der Waals surface area contributed by atoms with Gasteiger partial charge in [0.15, 0.2) is 6.29 Å². The van der Waals surface area contributed by atoms with Crippen molar-refractivity contribution in [2.24, 2.45) is 0 Å². The van der Waals surface area contributed by atoms with E-state index < -0.39 is 5.97 Å². The number of hydrogen-bond donors (Lipinski definition) is 0. The number of benzene rings is 1. The second-order valence-corrected chi connectivity index (χ2v) is 3.26. The van der Waals surface area contributed by atoms with Crippen LogP contribution in [0.5, 0.6) is 0 Å². The highest BCUT2D eigenvalue weighted by atomic mass is 79.9. The average Bonchev–Trinajstić information content (AvgIpc) is 2.16. The Hall–Kier alpha value is -1.16. The van der Waals surface area contributed by atoms with Gasteiger partial charge in [0.25, 0.3) is 0 Å². The van der Waals surface area contributed by atoms with Crippen molar-refractivity contribution >= 4 is 28.2 Å². The molecule has 0 aromatic heterocycles. The fourth-order valence-corrected chi connectivity index (χ4v) is 1.28. The van der Waals surface area contributed by atoms with Crippen molar-refractivity contribution in [1.29, 1.82) is 0 Å². The molecule has 0 saturated carbocycles. The van der Waals surface area contributed by atoms with Gasteiger partial charge in [0.1, 0.15) is 0 Å². The first-order valence-corrected chi connectivity index (χ1v) is 4.31. The Balaban J connectivity index is 3.23. The van der Waals surface area contributed by atoms with Crippen molar-refractivity contribution in [3.8, 4) is 0 Å². The van der Waals surface area contributed by atoms with E-state index in [0.717, 1.165) is 4.47 Å². The summed E-state index contributed by atoms with van der Waals surface area (Å²) in [5.74, 6) is -0.511. The Kier molecular flexibility index (Phi) is 3.19. The van der Waals surface area contributed by atoms with Gasteiger partial charge in [-0.2, -0.15) is 0 Å². The van der Waals surface area contributed by atoms with Crippen LogP contribution in [-0.2, 0) is 4.74 Å². The van der Waals surface area contributed by atoms with Crippen molar-refractivity contribution in [3.63, 3.8) is 0 Å². The van der Waals surface area contributed by atoms with Crippen LogP contribution < -0.4 is 0 Å². The zero-order valence-electron chi connectivity index (χ0n) is 6.91. The number of ether oxygens (including phenoxy) is 1. The molecule has 13 heavy (non-hydrogen) atoms. The van der Waals surface area contributed by atoms with E-state index >= 15 is 0 Å². The van der Waals surface area contributed by atoms with Gasteiger partial charge in [-0.05, 0) is 18.2 Å². The fraction of sp³-hybridized carbons (Fsp3) is 0.111. The van der Waals surface area contributed by atoms with Gasteiger partial charge in [-0.1, -0.05) is 15.9 Å². The molecule has 0 atom stereocenters. The van der Waals surface area contributed by atoms with E-state index in [4.69, 9.17) is 0 Å². The maximum atomic E-state index is 11.1. The summed E-state index contributed by atoms with van der Waals surface area (Å²) in [6.07, 6.45) is 0.624. The predicted molar refractivity (Wildman–Crippen MR) is 50.9 cm³/mol. The molecule has 0 bridgehead atoms. The molecule has 4 heteroatoms. The van der Waals surface area contributed by atoms with E-state index in [-0.39, 0.29) is 5.56 Å². The molecule has 0 saturated heterocycles. The van der Waals surface area contributed by atoms with E-state index in [0.29, 0.717) is 11.8 Å². The summed E-state index contributed by atoms with van der Waals surface area (Å²) in [6, 6.07) is 4.80. The molecule has 0 aliphatic carbocycles. The summed E-state index contributed by atoms with van der Waals surface area (Å²) in [4.78, 5) is 21.7. The molecule has 0 aliphatic rings. The Morgan fingerprint density at radius 3 is 2.77 bits per heavy atom. The van der Waals surface area contributed by atoms with Gasteiger partial charge in [0, 0.05) is 10.0 Å². The summed E-state index contributed by atoms with van der Waals surface area (Å²) >= 11 is 3.20. The van der Waals surface area contributed by atoms with Crippen molar-refractivity contribution in [2.75, 3.05) is 7.11 Å². The minimum Gasteiger partial charge on any atom is -0.465 e. The molecule has 1 rings (SSSR count). The molecule has 1 aromatic carbocycles. The zero-order valence-corrected chi connectivity index (χ0v) is 8.50. The van der Waals surface area contributed by atoms with Gasteiger partial charge in [-0.25, -0.2) is 4.79 Å². The molecule has 0 N–H and O–H groups in total. The van der Waals surface area contributed by atoms with Crippen molar-refractivity contribution < 1.29 is 14.3 Å². The van der Waals surface area contributed by atoms with Gasteiger partial charge >= 0.3 is 5.97 Å². The molecule has 0 unspecified atom stereocenters. The Bertz CT molecular complexity index is 347. The van der Waals surface area contributed by atoms with E-state index in [1.807, 2.05) is 0 Å². The van der Waals surface area contributed by atoms with Gasteiger partial charge in [-0.3, -0.25) is 4.79 Å². The highest BCUT2D eigenvalue weighted by molar-refractivity contribution is 9.10. The first-order chi connectivity index (χ1) is 6.19. The number of carbonyl (C=O) groups is 2. The largest absolute Gasteiger partial charge is 0.465 e. The fourth-order valence-electron chi connectivity index (χ4n) is 0.918. The van der Waals surface area contributed by atoms with Crippen molar-refractivity contribution in [1.82, 2.24) is 0 Å². The third kappa shape index (κ3) is 2.15. The molecule has 0 aliphatic heterocycles. The number of halogens is 1. The standard InChI is InChI=1S/C9H7BrO3/c1-13-9(12)8-4-7(10)3-2-6(8)5-11/h2-5H,1H3. The van der Waals surface area contributed by atoms with Crippen LogP contribution in [0.4, 0.5) is 0 Å². The minimum atomic E-state index is -0.511.